The predicted octanol–water partition coefficient (Wildman–Crippen LogP) is 2.12. The van der Waals surface area contributed by atoms with Gasteiger partial charge in [0.15, 0.2) is 0 Å². The van der Waals surface area contributed by atoms with Crippen LogP contribution in [0, 0.1) is 0 Å². The zero-order valence-electron chi connectivity index (χ0n) is 5.95. The lowest BCUT2D eigenvalue weighted by molar-refractivity contribution is 1.41. The Bertz CT molecular complexity index is 42.1. The van der Waals surface area contributed by atoms with Crippen molar-refractivity contribution in [1.29, 1.82) is 0 Å². The largest absolute Gasteiger partial charge is 0.298 e. The van der Waals surface area contributed by atoms with Crippen LogP contribution in [0.2, 0.25) is 0 Å². The molecule has 1 nitrogen and oxygen atoms in total. The van der Waals surface area contributed by atoms with E-state index in [2.05, 4.69) is 4.99 Å². The number of aliphatic imine (C=N–C) groups is 1. The van der Waals surface area contributed by atoms with Gasteiger partial charge in [-0.1, -0.05) is 13.8 Å². The summed E-state index contributed by atoms with van der Waals surface area (Å²) >= 11 is 0. The fourth-order valence-electron chi connectivity index (χ4n) is 0. The molecule has 0 aliphatic carbocycles. The first kappa shape index (κ1) is 9.83. The minimum Gasteiger partial charge on any atom is -0.298 e. The van der Waals surface area contributed by atoms with Crippen molar-refractivity contribution in [1.82, 2.24) is 0 Å². The molecule has 0 fully saturated rings. The third-order valence-electron chi connectivity index (χ3n) is 0.447. The molecule has 0 amide bonds. The highest BCUT2D eigenvalue weighted by Crippen LogP contribution is 1.63. The Kier molecular flexibility index (Phi) is 12.9. The molecule has 0 aliphatic heterocycles. The first-order valence-electron chi connectivity index (χ1n) is 2.67. The Labute approximate surface area is 46.5 Å². The fraction of sp³-hybridized carbons (Fsp3) is 0.833. The van der Waals surface area contributed by atoms with Crippen LogP contribution in [0.25, 0.3) is 0 Å². The van der Waals surface area contributed by atoms with Gasteiger partial charge in [0.05, 0.1) is 0 Å². The van der Waals surface area contributed by atoms with Crippen LogP contribution in [0.5, 0.6) is 0 Å². The van der Waals surface area contributed by atoms with E-state index in [1.807, 2.05) is 27.7 Å². The lowest BCUT2D eigenvalue weighted by atomic mass is 10.5. The Morgan fingerprint density at radius 1 is 1.14 bits per heavy atom. The first-order valence-corrected chi connectivity index (χ1v) is 2.67. The van der Waals surface area contributed by atoms with E-state index in [4.69, 9.17) is 0 Å². The molecule has 0 rings (SSSR count). The van der Waals surface area contributed by atoms with Crippen LogP contribution in [-0.2, 0) is 0 Å². The summed E-state index contributed by atoms with van der Waals surface area (Å²) in [5.74, 6) is 0. The van der Waals surface area contributed by atoms with Crippen molar-refractivity contribution in [2.75, 3.05) is 7.05 Å². The highest BCUT2D eigenvalue weighted by molar-refractivity contribution is 5.78. The van der Waals surface area contributed by atoms with Gasteiger partial charge in [0.2, 0.25) is 0 Å². The van der Waals surface area contributed by atoms with Crippen LogP contribution in [0.3, 0.4) is 0 Å². The molecule has 1 heteroatoms. The maximum absolute atomic E-state index is 3.81. The Hall–Kier alpha value is -0.330. The molecule has 0 unspecified atom stereocenters. The smallest absolute Gasteiger partial charge is 0.0276 e. The molecule has 0 aromatic carbocycles. The summed E-state index contributed by atoms with van der Waals surface area (Å²) in [4.78, 5) is 3.81. The minimum atomic E-state index is 1.13. The van der Waals surface area contributed by atoms with Gasteiger partial charge in [-0.05, 0) is 13.8 Å². The van der Waals surface area contributed by atoms with Crippen molar-refractivity contribution in [2.45, 2.75) is 27.7 Å². The summed E-state index contributed by atoms with van der Waals surface area (Å²) in [6.45, 7) is 7.94. The molecular formula is C6H15N. The Morgan fingerprint density at radius 2 is 1.29 bits per heavy atom. The second-order valence-electron chi connectivity index (χ2n) is 1.17. The molecule has 0 bridgehead atoms. The van der Waals surface area contributed by atoms with Crippen LogP contribution >= 0.6 is 0 Å². The van der Waals surface area contributed by atoms with Gasteiger partial charge in [-0.2, -0.15) is 0 Å². The van der Waals surface area contributed by atoms with E-state index < -0.39 is 0 Å². The van der Waals surface area contributed by atoms with Crippen molar-refractivity contribution in [3.8, 4) is 0 Å². The summed E-state index contributed by atoms with van der Waals surface area (Å²) < 4.78 is 0. The van der Waals surface area contributed by atoms with Gasteiger partial charge in [-0.25, -0.2) is 0 Å². The molecule has 0 aromatic heterocycles. The van der Waals surface area contributed by atoms with Crippen LogP contribution in [0.4, 0.5) is 0 Å². The van der Waals surface area contributed by atoms with Crippen molar-refractivity contribution < 1.29 is 0 Å². The molecule has 0 atom stereocenters. The standard InChI is InChI=1S/C4H9N.C2H6/c1-4(2)5-3;1-2/h1-3H3;1-2H3. The van der Waals surface area contributed by atoms with Crippen LogP contribution in [0.15, 0.2) is 4.99 Å². The Morgan fingerprint density at radius 3 is 1.29 bits per heavy atom. The average Bonchev–Trinajstić information content (AvgIpc) is 1.73. The molecular weight excluding hydrogens is 86.1 g/mol. The van der Waals surface area contributed by atoms with Gasteiger partial charge in [-0.3, -0.25) is 4.99 Å². The molecule has 0 aromatic rings. The molecule has 44 valence electrons. The van der Waals surface area contributed by atoms with Gasteiger partial charge in [0.25, 0.3) is 0 Å². The molecule has 0 saturated carbocycles. The topological polar surface area (TPSA) is 12.4 Å². The lowest BCUT2D eigenvalue weighted by Crippen LogP contribution is -1.74. The minimum absolute atomic E-state index is 1.13. The number of hydrogen-bond donors (Lipinski definition) is 0. The summed E-state index contributed by atoms with van der Waals surface area (Å²) in [5.41, 5.74) is 1.13. The molecule has 0 aliphatic rings. The van der Waals surface area contributed by atoms with E-state index in [0.29, 0.717) is 0 Å². The zero-order chi connectivity index (χ0) is 6.28. The van der Waals surface area contributed by atoms with Gasteiger partial charge in [0, 0.05) is 12.8 Å². The summed E-state index contributed by atoms with van der Waals surface area (Å²) in [6, 6.07) is 0. The van der Waals surface area contributed by atoms with Crippen molar-refractivity contribution in [3.05, 3.63) is 0 Å². The molecule has 0 saturated heterocycles. The molecule has 0 spiro atoms. The van der Waals surface area contributed by atoms with E-state index in [0.717, 1.165) is 5.71 Å². The lowest BCUT2D eigenvalue weighted by Gasteiger charge is -1.74. The summed E-state index contributed by atoms with van der Waals surface area (Å²) in [7, 11) is 1.79. The van der Waals surface area contributed by atoms with E-state index in [9.17, 15) is 0 Å². The summed E-state index contributed by atoms with van der Waals surface area (Å²) in [5, 5.41) is 0. The first-order chi connectivity index (χ1) is 3.27. The third-order valence-corrected chi connectivity index (χ3v) is 0.447. The van der Waals surface area contributed by atoms with E-state index in [-0.39, 0.29) is 0 Å². The van der Waals surface area contributed by atoms with Crippen LogP contribution < -0.4 is 0 Å². The maximum Gasteiger partial charge on any atom is 0.0276 e. The van der Waals surface area contributed by atoms with E-state index >= 15 is 0 Å². The maximum atomic E-state index is 3.81. The van der Waals surface area contributed by atoms with Gasteiger partial charge in [0.1, 0.15) is 0 Å². The second-order valence-corrected chi connectivity index (χ2v) is 1.17. The SMILES string of the molecule is CC.CN=C(C)C. The molecule has 7 heavy (non-hydrogen) atoms. The van der Waals surface area contributed by atoms with E-state index in [1.54, 1.807) is 7.05 Å². The van der Waals surface area contributed by atoms with Crippen LogP contribution in [-0.4, -0.2) is 12.8 Å². The number of hydrogen-bond acceptors (Lipinski definition) is 1. The predicted molar refractivity (Wildman–Crippen MR) is 36.1 cm³/mol. The number of nitrogens with zero attached hydrogens (tertiary/aromatic N) is 1. The quantitative estimate of drug-likeness (QED) is 0.414. The Balaban J connectivity index is 0. The zero-order valence-corrected chi connectivity index (χ0v) is 5.95. The highest BCUT2D eigenvalue weighted by atomic mass is 14.7. The van der Waals surface area contributed by atoms with Crippen molar-refractivity contribution in [2.24, 2.45) is 4.99 Å². The molecule has 0 heterocycles. The third kappa shape index (κ3) is 27.4. The average molecular weight is 101 g/mol. The van der Waals surface area contributed by atoms with Crippen LogP contribution in [0.1, 0.15) is 27.7 Å². The number of rotatable bonds is 0. The fourth-order valence-corrected chi connectivity index (χ4v) is 0. The normalized spacial score (nSPS) is 5.86. The van der Waals surface area contributed by atoms with Gasteiger partial charge in [-0.15, -0.1) is 0 Å². The molecule has 0 radical (unpaired) electrons. The summed E-state index contributed by atoms with van der Waals surface area (Å²) in [6.07, 6.45) is 0. The highest BCUT2D eigenvalue weighted by Gasteiger charge is 1.62. The molecule has 0 N–H and O–H groups in total. The van der Waals surface area contributed by atoms with Gasteiger partial charge < -0.3 is 0 Å². The van der Waals surface area contributed by atoms with Crippen molar-refractivity contribution >= 4 is 5.71 Å². The second kappa shape index (κ2) is 9.18. The monoisotopic (exact) mass is 101 g/mol. The van der Waals surface area contributed by atoms with Crippen molar-refractivity contribution in [3.63, 3.8) is 0 Å². The van der Waals surface area contributed by atoms with E-state index in [1.165, 1.54) is 0 Å². The van der Waals surface area contributed by atoms with Gasteiger partial charge >= 0.3 is 0 Å².